The molecule has 0 bridgehead atoms. The fourth-order valence-corrected chi connectivity index (χ4v) is 11.0. The Balaban J connectivity index is 0.00000990. The van der Waals surface area contributed by atoms with E-state index in [9.17, 15) is 0 Å². The fourth-order valence-electron chi connectivity index (χ4n) is 11.0. The largest absolute Gasteiger partial charge is 0.492 e. The van der Waals surface area contributed by atoms with Crippen molar-refractivity contribution in [3.05, 3.63) is 178 Å². The Bertz CT molecular complexity index is 2950. The van der Waals surface area contributed by atoms with Crippen LogP contribution in [0.3, 0.4) is 0 Å². The summed E-state index contributed by atoms with van der Waals surface area (Å²) in [6, 6.07) is 42.6. The molecule has 2 amide bonds. The van der Waals surface area contributed by atoms with Crippen LogP contribution in [0, 0.1) is 0 Å². The Morgan fingerprint density at radius 3 is 1.11 bits per heavy atom. The molecule has 83 heavy (non-hydrogen) atoms. The summed E-state index contributed by atoms with van der Waals surface area (Å²) in [4.78, 5) is 75.0. The van der Waals surface area contributed by atoms with E-state index in [0.717, 1.165) is 33.6 Å². The van der Waals surface area contributed by atoms with E-state index >= 15 is 19.2 Å². The summed E-state index contributed by atoms with van der Waals surface area (Å²) in [5, 5.41) is 0. The molecule has 6 aromatic carbocycles. The van der Waals surface area contributed by atoms with E-state index in [2.05, 4.69) is 27.7 Å². The number of benzene rings is 6. The van der Waals surface area contributed by atoms with Crippen LogP contribution >= 0.6 is 0 Å². The summed E-state index contributed by atoms with van der Waals surface area (Å²) >= 11 is 0. The fraction of sp³-hybridized carbons (Fsp3) is 0.412. The van der Waals surface area contributed by atoms with Gasteiger partial charge >= 0.3 is 11.9 Å². The quantitative estimate of drug-likeness (QED) is 0.0469. The first-order chi connectivity index (χ1) is 39.2. The van der Waals surface area contributed by atoms with E-state index in [4.69, 9.17) is 18.9 Å². The van der Waals surface area contributed by atoms with E-state index in [0.29, 0.717) is 97.1 Å². The molecule has 0 saturated carbocycles. The molecule has 8 rings (SSSR count). The molecule has 0 spiro atoms. The zero-order chi connectivity index (χ0) is 58.9. The van der Waals surface area contributed by atoms with Gasteiger partial charge in [0.05, 0.1) is 13.1 Å². The van der Waals surface area contributed by atoms with Gasteiger partial charge in [-0.3, -0.25) is 9.59 Å². The second-order valence-corrected chi connectivity index (χ2v) is 23.4. The first kappa shape index (κ1) is 62.9. The molecule has 0 fully saturated rings. The first-order valence-corrected chi connectivity index (χ1v) is 28.8. The molecule has 0 aromatic heterocycles. The Morgan fingerprint density at radius 2 is 0.795 bits per heavy atom. The third-order valence-electron chi connectivity index (χ3n) is 15.9. The number of ether oxygens (including phenoxy) is 4. The minimum atomic E-state index is -2.05. The number of carbonyl (C=O) groups excluding carboxylic acids is 4. The molecule has 15 nitrogen and oxygen atoms in total. The van der Waals surface area contributed by atoms with Crippen LogP contribution < -0.4 is 29.1 Å². The SMILES string of the molecule is CC(C)c1ccc(N(Cc2ccc(N(C)C)cc2)C(=O)C2(OC(=O)C(=O)OC3(C(=O)N(Cc4ccc(N(C)C)cc4)c4ccc(C(C)C)cc4)CCCc4c(OCCN(C)C)cccc43)CCCc3c(OCCN(C)C)cccc32)cc1.O. The van der Waals surface area contributed by atoms with Gasteiger partial charge in [0.1, 0.15) is 24.7 Å². The molecule has 2 aliphatic rings. The average molecular weight is 1130 g/mol. The number of fused-ring (bicyclic) bond motifs is 2. The van der Waals surface area contributed by atoms with E-state index in [1.165, 1.54) is 0 Å². The predicted octanol–water partition coefficient (Wildman–Crippen LogP) is 10.4. The van der Waals surface area contributed by atoms with Gasteiger partial charge in [0.15, 0.2) is 0 Å². The van der Waals surface area contributed by atoms with E-state index in [1.54, 1.807) is 34.1 Å². The van der Waals surface area contributed by atoms with Crippen molar-refractivity contribution in [1.82, 2.24) is 9.80 Å². The maximum Gasteiger partial charge on any atom is 0.418 e. The van der Waals surface area contributed by atoms with Gasteiger partial charge in [-0.2, -0.15) is 0 Å². The Morgan fingerprint density at radius 1 is 0.458 bits per heavy atom. The summed E-state index contributed by atoms with van der Waals surface area (Å²) in [5.74, 6) is -2.32. The van der Waals surface area contributed by atoms with Gasteiger partial charge < -0.3 is 53.8 Å². The molecule has 0 heterocycles. The molecule has 0 radical (unpaired) electrons. The van der Waals surface area contributed by atoms with Gasteiger partial charge in [-0.25, -0.2) is 9.59 Å². The van der Waals surface area contributed by atoms with Crippen molar-refractivity contribution in [2.45, 2.75) is 102 Å². The molecule has 6 aromatic rings. The summed E-state index contributed by atoms with van der Waals surface area (Å²) in [5.41, 5.74) is 5.15. The van der Waals surface area contributed by atoms with E-state index in [-0.39, 0.29) is 43.2 Å². The normalized spacial score (nSPS) is 16.3. The summed E-state index contributed by atoms with van der Waals surface area (Å²) in [6.45, 7) is 10.7. The van der Waals surface area contributed by atoms with Crippen LogP contribution in [-0.4, -0.2) is 122 Å². The van der Waals surface area contributed by atoms with Gasteiger partial charge in [0.25, 0.3) is 11.8 Å². The first-order valence-electron chi connectivity index (χ1n) is 28.8. The molecular formula is C68H86N6O9. The number of likely N-dealkylation sites (N-methyl/N-ethyl adjacent to an activating group) is 2. The highest BCUT2D eigenvalue weighted by Gasteiger charge is 2.55. The number of hydrogen-bond donors (Lipinski definition) is 0. The van der Waals surface area contributed by atoms with Crippen molar-refractivity contribution in [2.24, 2.45) is 0 Å². The van der Waals surface area contributed by atoms with E-state index in [1.807, 2.05) is 185 Å². The highest BCUT2D eigenvalue weighted by atomic mass is 16.6. The molecular weight excluding hydrogens is 1040 g/mol. The highest BCUT2D eigenvalue weighted by Crippen LogP contribution is 2.47. The molecule has 2 aliphatic carbocycles. The molecule has 2 N–H and O–H groups in total. The number of nitrogens with zero attached hydrogens (tertiary/aromatic N) is 6. The van der Waals surface area contributed by atoms with Crippen LogP contribution in [0.5, 0.6) is 11.5 Å². The topological polar surface area (TPSA) is 156 Å². The zero-order valence-corrected chi connectivity index (χ0v) is 50.8. The van der Waals surface area contributed by atoms with Crippen LogP contribution in [0.25, 0.3) is 0 Å². The van der Waals surface area contributed by atoms with Gasteiger partial charge in [0, 0.05) is 99.1 Å². The van der Waals surface area contributed by atoms with Crippen molar-refractivity contribution in [3.63, 3.8) is 0 Å². The molecule has 2 atom stereocenters. The predicted molar refractivity (Wildman–Crippen MR) is 331 cm³/mol. The maximum absolute atomic E-state index is 16.3. The van der Waals surface area contributed by atoms with Crippen LogP contribution in [0.1, 0.15) is 110 Å². The Labute approximate surface area is 492 Å². The molecule has 442 valence electrons. The molecule has 15 heteroatoms. The van der Waals surface area contributed by atoms with Gasteiger partial charge in [0.2, 0.25) is 11.2 Å². The Hall–Kier alpha value is -7.72. The molecule has 2 unspecified atom stereocenters. The number of carbonyl (C=O) groups is 4. The lowest BCUT2D eigenvalue weighted by Gasteiger charge is -2.42. The number of esters is 2. The number of amides is 2. The second-order valence-electron chi connectivity index (χ2n) is 23.4. The molecule has 0 aliphatic heterocycles. The third kappa shape index (κ3) is 14.4. The maximum atomic E-state index is 16.3. The lowest BCUT2D eigenvalue weighted by molar-refractivity contribution is -0.192. The third-order valence-corrected chi connectivity index (χ3v) is 15.9. The number of anilines is 4. The van der Waals surface area contributed by atoms with Crippen LogP contribution in [0.15, 0.2) is 133 Å². The van der Waals surface area contributed by atoms with Gasteiger partial charge in [-0.1, -0.05) is 100 Å². The Kier molecular flexibility index (Phi) is 20.9. The van der Waals surface area contributed by atoms with Crippen LogP contribution in [0.4, 0.5) is 22.7 Å². The van der Waals surface area contributed by atoms with E-state index < -0.39 is 35.0 Å². The minimum Gasteiger partial charge on any atom is -0.492 e. The van der Waals surface area contributed by atoms with Crippen LogP contribution in [-0.2, 0) is 65.8 Å². The zero-order valence-electron chi connectivity index (χ0n) is 50.8. The summed E-state index contributed by atoms with van der Waals surface area (Å²) < 4.78 is 26.3. The van der Waals surface area contributed by atoms with Crippen LogP contribution in [0.2, 0.25) is 0 Å². The highest BCUT2D eigenvalue weighted by molar-refractivity contribution is 6.31. The van der Waals surface area contributed by atoms with Crippen molar-refractivity contribution in [2.75, 3.05) is 102 Å². The lowest BCUT2D eigenvalue weighted by atomic mass is 9.77. The standard InChI is InChI=1S/C68H84N6O8.H2O/c1-47(2)51-27-35-55(36-28-51)73(45-49-23-31-53(32-24-49)71(9)10)65(77)67(39-15-17-57-59(67)19-13-21-61(57)79-43-41-69(5)6)81-63(75)64(76)82-68(40-16-18-58-60(68)20-14-22-62(58)80-44-42-70(7)8)66(78)74(56-37-29-52(30-38-56)48(3)4)46-50-25-33-54(34-26-50)72(11)12;/h13-14,19-38,47-48H,15-18,39-46H2,1-12H3;1H2. The van der Waals surface area contributed by atoms with Crippen molar-refractivity contribution in [1.29, 1.82) is 0 Å². The number of rotatable bonds is 22. The van der Waals surface area contributed by atoms with Crippen molar-refractivity contribution in [3.8, 4) is 11.5 Å². The van der Waals surface area contributed by atoms with Crippen molar-refractivity contribution >= 4 is 46.5 Å². The smallest absolute Gasteiger partial charge is 0.418 e. The van der Waals surface area contributed by atoms with Crippen molar-refractivity contribution < 1.29 is 43.6 Å². The van der Waals surface area contributed by atoms with Gasteiger partial charge in [-0.15, -0.1) is 0 Å². The lowest BCUT2D eigenvalue weighted by Crippen LogP contribution is -2.54. The minimum absolute atomic E-state index is 0. The summed E-state index contributed by atoms with van der Waals surface area (Å²) in [7, 11) is 15.8. The molecule has 0 saturated heterocycles. The monoisotopic (exact) mass is 1130 g/mol. The average Bonchev–Trinajstić information content (AvgIpc) is 1.67. The second kappa shape index (κ2) is 27.6. The van der Waals surface area contributed by atoms with Gasteiger partial charge in [-0.05, 0) is 149 Å². The number of hydrogen-bond acceptors (Lipinski definition) is 12. The summed E-state index contributed by atoms with van der Waals surface area (Å²) in [6.07, 6.45) is 1.98.